The van der Waals surface area contributed by atoms with Crippen LogP contribution in [0.3, 0.4) is 0 Å². The van der Waals surface area contributed by atoms with E-state index in [0.29, 0.717) is 6.54 Å². The minimum absolute atomic E-state index is 0.357. The lowest BCUT2D eigenvalue weighted by atomic mass is 10.2. The van der Waals surface area contributed by atoms with E-state index in [1.165, 1.54) is 0 Å². The van der Waals surface area contributed by atoms with Gasteiger partial charge in [0, 0.05) is 18.9 Å². The van der Waals surface area contributed by atoms with Crippen LogP contribution in [0.25, 0.3) is 0 Å². The molecule has 4 heteroatoms. The first-order chi connectivity index (χ1) is 5.20. The Morgan fingerprint density at radius 1 is 1.82 bits per heavy atom. The van der Waals surface area contributed by atoms with Gasteiger partial charge in [0.25, 0.3) is 0 Å². The average molecular weight is 154 g/mol. The van der Waals surface area contributed by atoms with Gasteiger partial charge < -0.3 is 9.67 Å². The molecule has 1 heterocycles. The van der Waals surface area contributed by atoms with E-state index < -0.39 is 5.97 Å². The third kappa shape index (κ3) is 2.07. The second kappa shape index (κ2) is 3.18. The van der Waals surface area contributed by atoms with Crippen molar-refractivity contribution < 1.29 is 9.90 Å². The Hall–Kier alpha value is -1.32. The summed E-state index contributed by atoms with van der Waals surface area (Å²) in [6, 6.07) is 0. The van der Waals surface area contributed by atoms with Crippen LogP contribution in [0.5, 0.6) is 0 Å². The topological polar surface area (TPSA) is 55.1 Å². The number of carboxylic acid groups (broad SMARTS) is 1. The number of imidazole rings is 1. The van der Waals surface area contributed by atoms with E-state index >= 15 is 0 Å². The maximum atomic E-state index is 10.4. The van der Waals surface area contributed by atoms with Crippen molar-refractivity contribution in [1.82, 2.24) is 9.55 Å². The molecule has 0 saturated carbocycles. The van der Waals surface area contributed by atoms with Crippen molar-refractivity contribution in [1.29, 1.82) is 0 Å². The lowest BCUT2D eigenvalue weighted by Crippen LogP contribution is -2.15. The zero-order valence-electron chi connectivity index (χ0n) is 6.27. The van der Waals surface area contributed by atoms with Gasteiger partial charge >= 0.3 is 5.97 Å². The molecule has 1 aromatic heterocycles. The second-order valence-electron chi connectivity index (χ2n) is 2.50. The fraction of sp³-hybridized carbons (Fsp3) is 0.429. The van der Waals surface area contributed by atoms with Gasteiger partial charge in [-0.1, -0.05) is 6.92 Å². The summed E-state index contributed by atoms with van der Waals surface area (Å²) >= 11 is 0. The molecular formula is C7H10N2O2. The van der Waals surface area contributed by atoms with Crippen LogP contribution >= 0.6 is 0 Å². The number of nitrogens with zero attached hydrogens (tertiary/aromatic N) is 2. The molecule has 1 atom stereocenters. The summed E-state index contributed by atoms with van der Waals surface area (Å²) in [4.78, 5) is 14.2. The van der Waals surface area contributed by atoms with Gasteiger partial charge in [-0.3, -0.25) is 4.79 Å². The van der Waals surface area contributed by atoms with Crippen molar-refractivity contribution in [2.45, 2.75) is 13.5 Å². The minimum atomic E-state index is -0.779. The van der Waals surface area contributed by atoms with Crippen LogP contribution in [-0.2, 0) is 11.3 Å². The summed E-state index contributed by atoms with van der Waals surface area (Å²) in [5.41, 5.74) is 0. The van der Waals surface area contributed by atoms with E-state index in [9.17, 15) is 4.79 Å². The summed E-state index contributed by atoms with van der Waals surface area (Å²) in [6.07, 6.45) is 4.99. The maximum Gasteiger partial charge on any atom is 0.308 e. The molecule has 0 bridgehead atoms. The molecule has 1 unspecified atom stereocenters. The molecule has 0 aliphatic rings. The molecule has 0 spiro atoms. The summed E-state index contributed by atoms with van der Waals surface area (Å²) in [6.45, 7) is 2.15. The average Bonchev–Trinajstić information content (AvgIpc) is 2.39. The standard InChI is InChI=1S/C7H10N2O2/c1-6(7(10)11)4-9-3-2-8-5-9/h2-3,5-6H,4H2,1H3,(H,10,11). The van der Waals surface area contributed by atoms with E-state index in [-0.39, 0.29) is 5.92 Å². The second-order valence-corrected chi connectivity index (χ2v) is 2.50. The number of aliphatic carboxylic acids is 1. The van der Waals surface area contributed by atoms with Gasteiger partial charge in [-0.05, 0) is 0 Å². The normalized spacial score (nSPS) is 12.8. The molecule has 0 aromatic carbocycles. The Morgan fingerprint density at radius 2 is 2.55 bits per heavy atom. The van der Waals surface area contributed by atoms with Crippen LogP contribution in [0.4, 0.5) is 0 Å². The summed E-state index contributed by atoms with van der Waals surface area (Å²) < 4.78 is 1.75. The number of aromatic nitrogens is 2. The number of carbonyl (C=O) groups is 1. The third-order valence-corrected chi connectivity index (χ3v) is 1.47. The molecule has 0 aliphatic carbocycles. The molecule has 1 N–H and O–H groups in total. The van der Waals surface area contributed by atoms with Crippen LogP contribution < -0.4 is 0 Å². The van der Waals surface area contributed by atoms with E-state index in [2.05, 4.69) is 4.98 Å². The lowest BCUT2D eigenvalue weighted by molar-refractivity contribution is -0.141. The molecule has 1 aromatic rings. The highest BCUT2D eigenvalue weighted by atomic mass is 16.4. The summed E-state index contributed by atoms with van der Waals surface area (Å²) in [5.74, 6) is -1.14. The quantitative estimate of drug-likeness (QED) is 0.693. The molecule has 0 amide bonds. The first-order valence-electron chi connectivity index (χ1n) is 3.38. The molecule has 0 fully saturated rings. The summed E-state index contributed by atoms with van der Waals surface area (Å²) in [7, 11) is 0. The van der Waals surface area contributed by atoms with Crippen molar-refractivity contribution in [3.8, 4) is 0 Å². The van der Waals surface area contributed by atoms with Crippen LogP contribution in [0.1, 0.15) is 6.92 Å². The molecule has 60 valence electrons. The maximum absolute atomic E-state index is 10.4. The highest BCUT2D eigenvalue weighted by Gasteiger charge is 2.10. The van der Waals surface area contributed by atoms with Gasteiger partial charge in [0.05, 0.1) is 12.2 Å². The van der Waals surface area contributed by atoms with Crippen molar-refractivity contribution in [2.75, 3.05) is 0 Å². The van der Waals surface area contributed by atoms with Crippen LogP contribution in [0.2, 0.25) is 0 Å². The fourth-order valence-electron chi connectivity index (χ4n) is 0.789. The smallest absolute Gasteiger partial charge is 0.308 e. The van der Waals surface area contributed by atoms with Crippen LogP contribution in [0.15, 0.2) is 18.7 Å². The van der Waals surface area contributed by atoms with Gasteiger partial charge in [-0.25, -0.2) is 4.98 Å². The third-order valence-electron chi connectivity index (χ3n) is 1.47. The zero-order valence-corrected chi connectivity index (χ0v) is 6.27. The highest BCUT2D eigenvalue weighted by Crippen LogP contribution is 1.99. The van der Waals surface area contributed by atoms with Crippen molar-refractivity contribution in [3.05, 3.63) is 18.7 Å². The fourth-order valence-corrected chi connectivity index (χ4v) is 0.789. The SMILES string of the molecule is CC(Cn1ccnc1)C(=O)O. The molecule has 11 heavy (non-hydrogen) atoms. The van der Waals surface area contributed by atoms with Crippen molar-refractivity contribution in [3.63, 3.8) is 0 Å². The van der Waals surface area contributed by atoms with Crippen molar-refractivity contribution in [2.24, 2.45) is 5.92 Å². The number of hydrogen-bond donors (Lipinski definition) is 1. The predicted molar refractivity (Wildman–Crippen MR) is 39.0 cm³/mol. The number of carboxylic acids is 1. The lowest BCUT2D eigenvalue weighted by Gasteiger charge is -2.05. The van der Waals surface area contributed by atoms with Gasteiger partial charge in [-0.2, -0.15) is 0 Å². The Labute approximate surface area is 64.5 Å². The van der Waals surface area contributed by atoms with E-state index in [1.807, 2.05) is 0 Å². The number of rotatable bonds is 3. The van der Waals surface area contributed by atoms with Gasteiger partial charge in [0.15, 0.2) is 0 Å². The van der Waals surface area contributed by atoms with E-state index in [0.717, 1.165) is 0 Å². The van der Waals surface area contributed by atoms with Gasteiger partial charge in [-0.15, -0.1) is 0 Å². The van der Waals surface area contributed by atoms with Gasteiger partial charge in [0.1, 0.15) is 0 Å². The minimum Gasteiger partial charge on any atom is -0.481 e. The Kier molecular flexibility index (Phi) is 2.25. The van der Waals surface area contributed by atoms with Gasteiger partial charge in [0.2, 0.25) is 0 Å². The Bertz CT molecular complexity index is 231. The van der Waals surface area contributed by atoms with E-state index in [4.69, 9.17) is 5.11 Å². The molecule has 4 nitrogen and oxygen atoms in total. The highest BCUT2D eigenvalue weighted by molar-refractivity contribution is 5.69. The zero-order chi connectivity index (χ0) is 8.27. The molecule has 1 rings (SSSR count). The van der Waals surface area contributed by atoms with Crippen LogP contribution in [0, 0.1) is 5.92 Å². The summed E-state index contributed by atoms with van der Waals surface area (Å²) in [5, 5.41) is 8.55. The molecule has 0 radical (unpaired) electrons. The van der Waals surface area contributed by atoms with E-state index in [1.54, 1.807) is 30.2 Å². The van der Waals surface area contributed by atoms with Crippen LogP contribution in [-0.4, -0.2) is 20.6 Å². The first-order valence-corrected chi connectivity index (χ1v) is 3.38. The monoisotopic (exact) mass is 154 g/mol. The molecular weight excluding hydrogens is 144 g/mol. The number of hydrogen-bond acceptors (Lipinski definition) is 2. The largest absolute Gasteiger partial charge is 0.481 e. The molecule has 0 saturated heterocycles. The molecule has 0 aliphatic heterocycles. The predicted octanol–water partition coefficient (Wildman–Crippen LogP) is 0.604. The Balaban J connectivity index is 2.50. The van der Waals surface area contributed by atoms with Crippen molar-refractivity contribution >= 4 is 5.97 Å². The Morgan fingerprint density at radius 3 is 3.00 bits per heavy atom. The first kappa shape index (κ1) is 7.78.